The smallest absolute Gasteiger partial charge is 0.270 e. The summed E-state index contributed by atoms with van der Waals surface area (Å²) in [7, 11) is 0. The number of benzene rings is 1. The molecule has 0 aliphatic carbocycles. The van der Waals surface area contributed by atoms with Gasteiger partial charge in [-0.2, -0.15) is 5.26 Å². The fourth-order valence-corrected chi connectivity index (χ4v) is 2.24. The number of hydrogen-bond acceptors (Lipinski definition) is 4. The summed E-state index contributed by atoms with van der Waals surface area (Å²) < 4.78 is 0. The average molecular weight is 283 g/mol. The molecular weight excluding hydrogens is 270 g/mol. The van der Waals surface area contributed by atoms with Crippen molar-refractivity contribution in [3.63, 3.8) is 0 Å². The molecule has 1 aromatic carbocycles. The standard InChI is InChI=1S/C15H13N3OS/c1-2-20-15-17-13(12(10-16)14(19)18-15)9-8-11-6-4-3-5-7-11/h3-9H,2H2,1H3,(H,17,18,19)/b9-8+. The lowest BCUT2D eigenvalue weighted by Gasteiger charge is -2.01. The maximum absolute atomic E-state index is 11.8. The summed E-state index contributed by atoms with van der Waals surface area (Å²) in [4.78, 5) is 18.7. The molecule has 0 amide bonds. The van der Waals surface area contributed by atoms with Crippen LogP contribution in [0.15, 0.2) is 40.3 Å². The van der Waals surface area contributed by atoms with E-state index >= 15 is 0 Å². The van der Waals surface area contributed by atoms with E-state index in [1.54, 1.807) is 6.08 Å². The van der Waals surface area contributed by atoms with Crippen molar-refractivity contribution < 1.29 is 0 Å². The number of nitriles is 1. The Hall–Kier alpha value is -2.32. The van der Waals surface area contributed by atoms with Gasteiger partial charge < -0.3 is 4.98 Å². The van der Waals surface area contributed by atoms with E-state index in [-0.39, 0.29) is 5.56 Å². The van der Waals surface area contributed by atoms with Gasteiger partial charge in [0.25, 0.3) is 5.56 Å². The second-order valence-corrected chi connectivity index (χ2v) is 5.17. The van der Waals surface area contributed by atoms with Crippen LogP contribution in [0, 0.1) is 11.3 Å². The molecule has 0 aliphatic heterocycles. The number of nitrogens with one attached hydrogen (secondary N) is 1. The molecule has 0 atom stereocenters. The summed E-state index contributed by atoms with van der Waals surface area (Å²) in [5, 5.41) is 9.60. The first-order valence-electron chi connectivity index (χ1n) is 6.15. The summed E-state index contributed by atoms with van der Waals surface area (Å²) in [6, 6.07) is 11.6. The molecule has 2 rings (SSSR count). The number of H-pyrrole nitrogens is 1. The van der Waals surface area contributed by atoms with Crippen molar-refractivity contribution in [2.45, 2.75) is 12.1 Å². The zero-order valence-electron chi connectivity index (χ0n) is 11.0. The second-order valence-electron chi connectivity index (χ2n) is 3.92. The summed E-state index contributed by atoms with van der Waals surface area (Å²) in [6.07, 6.45) is 3.53. The first-order valence-corrected chi connectivity index (χ1v) is 7.13. The van der Waals surface area contributed by atoms with Crippen molar-refractivity contribution in [1.29, 1.82) is 5.26 Å². The van der Waals surface area contributed by atoms with Crippen LogP contribution in [-0.4, -0.2) is 15.7 Å². The highest BCUT2D eigenvalue weighted by Crippen LogP contribution is 2.14. The molecule has 0 aliphatic rings. The van der Waals surface area contributed by atoms with Crippen LogP contribution in [0.2, 0.25) is 0 Å². The Balaban J connectivity index is 2.42. The van der Waals surface area contributed by atoms with Crippen molar-refractivity contribution in [1.82, 2.24) is 9.97 Å². The van der Waals surface area contributed by atoms with Crippen molar-refractivity contribution in [3.8, 4) is 6.07 Å². The Morgan fingerprint density at radius 2 is 2.10 bits per heavy atom. The fraction of sp³-hybridized carbons (Fsp3) is 0.133. The molecule has 4 nitrogen and oxygen atoms in total. The molecule has 0 bridgehead atoms. The first kappa shape index (κ1) is 14.1. The largest absolute Gasteiger partial charge is 0.300 e. The van der Waals surface area contributed by atoms with Gasteiger partial charge in [-0.1, -0.05) is 55.1 Å². The topological polar surface area (TPSA) is 69.5 Å². The maximum atomic E-state index is 11.8. The van der Waals surface area contributed by atoms with Crippen LogP contribution in [0.5, 0.6) is 0 Å². The molecule has 0 spiro atoms. The lowest BCUT2D eigenvalue weighted by Crippen LogP contribution is -2.14. The van der Waals surface area contributed by atoms with Crippen LogP contribution >= 0.6 is 11.8 Å². The highest BCUT2D eigenvalue weighted by atomic mass is 32.2. The molecule has 1 N–H and O–H groups in total. The predicted octanol–water partition coefficient (Wildman–Crippen LogP) is 2.92. The highest BCUT2D eigenvalue weighted by molar-refractivity contribution is 7.99. The highest BCUT2D eigenvalue weighted by Gasteiger charge is 2.08. The van der Waals surface area contributed by atoms with Gasteiger partial charge in [-0.15, -0.1) is 0 Å². The van der Waals surface area contributed by atoms with Gasteiger partial charge in [-0.25, -0.2) is 4.98 Å². The van der Waals surface area contributed by atoms with Crippen LogP contribution in [-0.2, 0) is 0 Å². The monoisotopic (exact) mass is 283 g/mol. The Bertz CT molecular complexity index is 714. The van der Waals surface area contributed by atoms with Gasteiger partial charge in [0, 0.05) is 0 Å². The van der Waals surface area contributed by atoms with Crippen molar-refractivity contribution >= 4 is 23.9 Å². The molecule has 0 fully saturated rings. The molecule has 1 aromatic heterocycles. The molecule has 0 saturated carbocycles. The number of aromatic amines is 1. The average Bonchev–Trinajstić information content (AvgIpc) is 2.46. The Morgan fingerprint density at radius 3 is 2.75 bits per heavy atom. The summed E-state index contributed by atoms with van der Waals surface area (Å²) in [5.41, 5.74) is 1.03. The zero-order valence-corrected chi connectivity index (χ0v) is 11.8. The van der Waals surface area contributed by atoms with Crippen LogP contribution in [0.25, 0.3) is 12.2 Å². The Kier molecular flexibility index (Phi) is 4.75. The molecule has 2 aromatic rings. The number of nitrogens with zero attached hydrogens (tertiary/aromatic N) is 2. The Labute approximate surface area is 121 Å². The van der Waals surface area contributed by atoms with E-state index in [1.807, 2.05) is 49.4 Å². The fourth-order valence-electron chi connectivity index (χ4n) is 1.64. The van der Waals surface area contributed by atoms with Gasteiger partial charge in [-0.3, -0.25) is 4.79 Å². The zero-order chi connectivity index (χ0) is 14.4. The third-order valence-electron chi connectivity index (χ3n) is 2.55. The lowest BCUT2D eigenvalue weighted by atomic mass is 10.1. The molecule has 0 unspecified atom stereocenters. The van der Waals surface area contributed by atoms with Crippen LogP contribution in [0.1, 0.15) is 23.7 Å². The minimum atomic E-state index is -0.397. The third kappa shape index (κ3) is 3.37. The normalized spacial score (nSPS) is 10.6. The van der Waals surface area contributed by atoms with E-state index in [4.69, 9.17) is 5.26 Å². The molecule has 0 saturated heterocycles. The predicted molar refractivity (Wildman–Crippen MR) is 81.3 cm³/mol. The van der Waals surface area contributed by atoms with E-state index in [1.165, 1.54) is 11.8 Å². The van der Waals surface area contributed by atoms with E-state index in [0.717, 1.165) is 11.3 Å². The number of aromatic nitrogens is 2. The molecule has 5 heteroatoms. The lowest BCUT2D eigenvalue weighted by molar-refractivity contribution is 0.920. The number of thioether (sulfide) groups is 1. The molecule has 1 heterocycles. The van der Waals surface area contributed by atoms with Crippen molar-refractivity contribution in [3.05, 3.63) is 57.5 Å². The van der Waals surface area contributed by atoms with Crippen molar-refractivity contribution in [2.24, 2.45) is 0 Å². The van der Waals surface area contributed by atoms with Gasteiger partial charge in [0.15, 0.2) is 5.16 Å². The maximum Gasteiger partial charge on any atom is 0.270 e. The minimum absolute atomic E-state index is 0.0395. The van der Waals surface area contributed by atoms with Gasteiger partial charge >= 0.3 is 0 Å². The van der Waals surface area contributed by atoms with Gasteiger partial charge in [0.05, 0.1) is 5.69 Å². The number of hydrogen-bond donors (Lipinski definition) is 1. The summed E-state index contributed by atoms with van der Waals surface area (Å²) in [5.74, 6) is 0.802. The third-order valence-corrected chi connectivity index (χ3v) is 3.31. The minimum Gasteiger partial charge on any atom is -0.300 e. The molecular formula is C15H13N3OS. The Morgan fingerprint density at radius 1 is 1.35 bits per heavy atom. The molecule has 100 valence electrons. The summed E-state index contributed by atoms with van der Waals surface area (Å²) >= 11 is 1.43. The summed E-state index contributed by atoms with van der Waals surface area (Å²) in [6.45, 7) is 1.97. The second kappa shape index (κ2) is 6.73. The van der Waals surface area contributed by atoms with E-state index in [0.29, 0.717) is 10.9 Å². The quantitative estimate of drug-likeness (QED) is 0.692. The van der Waals surface area contributed by atoms with Crippen LogP contribution in [0.3, 0.4) is 0 Å². The number of rotatable bonds is 4. The molecule has 20 heavy (non-hydrogen) atoms. The van der Waals surface area contributed by atoms with E-state index in [9.17, 15) is 4.79 Å². The van der Waals surface area contributed by atoms with Gasteiger partial charge in [0.1, 0.15) is 11.6 Å². The van der Waals surface area contributed by atoms with Crippen LogP contribution < -0.4 is 5.56 Å². The van der Waals surface area contributed by atoms with Crippen molar-refractivity contribution in [2.75, 3.05) is 5.75 Å². The van der Waals surface area contributed by atoms with E-state index < -0.39 is 5.56 Å². The molecule has 0 radical (unpaired) electrons. The van der Waals surface area contributed by atoms with Gasteiger partial charge in [0.2, 0.25) is 0 Å². The first-order chi connectivity index (χ1) is 9.74. The van der Waals surface area contributed by atoms with E-state index in [2.05, 4.69) is 9.97 Å². The van der Waals surface area contributed by atoms with Crippen LogP contribution in [0.4, 0.5) is 0 Å². The van der Waals surface area contributed by atoms with Gasteiger partial charge in [-0.05, 0) is 17.4 Å². The SMILES string of the molecule is CCSc1nc(/C=C/c2ccccc2)c(C#N)c(=O)[nH]1.